The van der Waals surface area contributed by atoms with Gasteiger partial charge in [-0.1, -0.05) is 0 Å². The van der Waals surface area contributed by atoms with Crippen molar-refractivity contribution in [1.29, 1.82) is 0 Å². The third-order valence-electron chi connectivity index (χ3n) is 3.92. The first-order chi connectivity index (χ1) is 11.7. The minimum absolute atomic E-state index is 0.268. The van der Waals surface area contributed by atoms with E-state index in [4.69, 9.17) is 9.47 Å². The molecule has 3 rings (SSSR count). The maximum Gasteiger partial charge on any atom is 0.414 e. The molecule has 0 bridgehead atoms. The average Bonchev–Trinajstić information content (AvgIpc) is 2.96. The first-order valence-electron chi connectivity index (χ1n) is 7.72. The summed E-state index contributed by atoms with van der Waals surface area (Å²) in [5.41, 5.74) is 3.49. The Hall–Kier alpha value is -1.94. The third kappa shape index (κ3) is 3.75. The SMILES string of the molecule is COONC[C@H]1CN(c2ccc(N3CCOCC3)c(F)c2)C(=O)O1. The van der Waals surface area contributed by atoms with Gasteiger partial charge in [0.2, 0.25) is 0 Å². The number of cyclic esters (lactones) is 1. The molecule has 1 aromatic carbocycles. The van der Waals surface area contributed by atoms with Crippen molar-refractivity contribution in [2.24, 2.45) is 0 Å². The standard InChI is InChI=1S/C15H20FN3O5/c1-21-24-17-9-12-10-19(15(20)23-12)11-2-3-14(13(16)8-11)18-4-6-22-7-5-18/h2-3,8,12,17H,4-7,9-10H2,1H3/t12-/m0/s1. The summed E-state index contributed by atoms with van der Waals surface area (Å²) in [6, 6.07) is 4.76. The lowest BCUT2D eigenvalue weighted by Crippen LogP contribution is -2.36. The molecule has 2 fully saturated rings. The normalized spacial score (nSPS) is 21.2. The summed E-state index contributed by atoms with van der Waals surface area (Å²) in [7, 11) is 1.36. The number of halogens is 1. The van der Waals surface area contributed by atoms with E-state index in [1.165, 1.54) is 18.1 Å². The fourth-order valence-electron chi connectivity index (χ4n) is 2.75. The predicted octanol–water partition coefficient (Wildman–Crippen LogP) is 1.07. The van der Waals surface area contributed by atoms with E-state index in [9.17, 15) is 9.18 Å². The lowest BCUT2D eigenvalue weighted by atomic mass is 10.2. The van der Waals surface area contributed by atoms with Crippen molar-refractivity contribution in [3.8, 4) is 0 Å². The second-order valence-electron chi connectivity index (χ2n) is 5.45. The highest BCUT2D eigenvalue weighted by Gasteiger charge is 2.32. The van der Waals surface area contributed by atoms with Crippen molar-refractivity contribution in [1.82, 2.24) is 5.48 Å². The van der Waals surface area contributed by atoms with Gasteiger partial charge in [0.15, 0.2) is 0 Å². The van der Waals surface area contributed by atoms with E-state index in [0.717, 1.165) is 0 Å². The van der Waals surface area contributed by atoms with Gasteiger partial charge < -0.3 is 14.4 Å². The number of carbonyl (C=O) groups excluding carboxylic acids is 1. The van der Waals surface area contributed by atoms with Crippen LogP contribution >= 0.6 is 0 Å². The van der Waals surface area contributed by atoms with E-state index in [0.29, 0.717) is 44.2 Å². The first kappa shape index (κ1) is 16.9. The number of ether oxygens (including phenoxy) is 2. The van der Waals surface area contributed by atoms with Crippen LogP contribution in [0.5, 0.6) is 0 Å². The van der Waals surface area contributed by atoms with Gasteiger partial charge in [-0.15, -0.1) is 4.99 Å². The van der Waals surface area contributed by atoms with Crippen LogP contribution in [0.2, 0.25) is 0 Å². The number of benzene rings is 1. The summed E-state index contributed by atoms with van der Waals surface area (Å²) < 4.78 is 24.9. The molecule has 2 heterocycles. The minimum atomic E-state index is -0.516. The molecule has 2 saturated heterocycles. The second kappa shape index (κ2) is 7.75. The van der Waals surface area contributed by atoms with Crippen LogP contribution in [0.1, 0.15) is 0 Å². The van der Waals surface area contributed by atoms with Gasteiger partial charge in [-0.25, -0.2) is 14.1 Å². The van der Waals surface area contributed by atoms with Crippen LogP contribution in [-0.2, 0) is 19.3 Å². The number of carbonyl (C=O) groups is 1. The predicted molar refractivity (Wildman–Crippen MR) is 83.1 cm³/mol. The van der Waals surface area contributed by atoms with Crippen LogP contribution in [-0.4, -0.2) is 58.7 Å². The van der Waals surface area contributed by atoms with Crippen LogP contribution in [0.3, 0.4) is 0 Å². The summed E-state index contributed by atoms with van der Waals surface area (Å²) in [4.78, 5) is 24.2. The molecule has 132 valence electrons. The summed E-state index contributed by atoms with van der Waals surface area (Å²) in [5.74, 6) is -0.369. The van der Waals surface area contributed by atoms with Gasteiger partial charge in [0.1, 0.15) is 11.9 Å². The van der Waals surface area contributed by atoms with Crippen molar-refractivity contribution >= 4 is 17.5 Å². The van der Waals surface area contributed by atoms with Crippen LogP contribution in [0.4, 0.5) is 20.6 Å². The van der Waals surface area contributed by atoms with Crippen molar-refractivity contribution in [2.75, 3.05) is 56.3 Å². The van der Waals surface area contributed by atoms with E-state index in [1.807, 2.05) is 4.90 Å². The number of anilines is 2. The Morgan fingerprint density at radius 1 is 1.38 bits per heavy atom. The highest BCUT2D eigenvalue weighted by Crippen LogP contribution is 2.28. The Balaban J connectivity index is 1.66. The Kier molecular flexibility index (Phi) is 5.46. The molecule has 0 saturated carbocycles. The molecule has 8 nitrogen and oxygen atoms in total. The number of amides is 1. The Labute approximate surface area is 138 Å². The molecule has 9 heteroatoms. The molecule has 1 atom stereocenters. The molecule has 1 amide bonds. The molecule has 0 aromatic heterocycles. The van der Waals surface area contributed by atoms with E-state index in [2.05, 4.69) is 15.4 Å². The van der Waals surface area contributed by atoms with Crippen molar-refractivity contribution in [3.63, 3.8) is 0 Å². The highest BCUT2D eigenvalue weighted by atomic mass is 19.1. The zero-order valence-electron chi connectivity index (χ0n) is 13.4. The molecule has 1 N–H and O–H groups in total. The van der Waals surface area contributed by atoms with Gasteiger partial charge >= 0.3 is 6.09 Å². The minimum Gasteiger partial charge on any atom is -0.442 e. The van der Waals surface area contributed by atoms with Crippen LogP contribution in [0.25, 0.3) is 0 Å². The zero-order chi connectivity index (χ0) is 16.9. The summed E-state index contributed by atoms with van der Waals surface area (Å²) in [6.45, 7) is 3.03. The van der Waals surface area contributed by atoms with Gasteiger partial charge in [0.25, 0.3) is 0 Å². The summed E-state index contributed by atoms with van der Waals surface area (Å²) >= 11 is 0. The molecule has 0 radical (unpaired) electrons. The highest BCUT2D eigenvalue weighted by molar-refractivity contribution is 5.90. The molecule has 2 aliphatic rings. The maximum atomic E-state index is 14.5. The van der Waals surface area contributed by atoms with Gasteiger partial charge in [-0.2, -0.15) is 5.48 Å². The fraction of sp³-hybridized carbons (Fsp3) is 0.533. The number of hydrogen-bond donors (Lipinski definition) is 1. The molecule has 1 aromatic rings. The molecule has 24 heavy (non-hydrogen) atoms. The molecule has 0 aliphatic carbocycles. The van der Waals surface area contributed by atoms with Gasteiger partial charge in [0.05, 0.1) is 44.8 Å². The van der Waals surface area contributed by atoms with E-state index in [-0.39, 0.29) is 12.4 Å². The van der Waals surface area contributed by atoms with Gasteiger partial charge in [-0.05, 0) is 18.2 Å². The smallest absolute Gasteiger partial charge is 0.414 e. The van der Waals surface area contributed by atoms with E-state index >= 15 is 0 Å². The number of nitrogens with one attached hydrogen (secondary N) is 1. The summed E-state index contributed by atoms with van der Waals surface area (Å²) in [5, 5.41) is 0. The van der Waals surface area contributed by atoms with E-state index < -0.39 is 12.2 Å². The molecule has 0 unspecified atom stereocenters. The Morgan fingerprint density at radius 2 is 2.17 bits per heavy atom. The Morgan fingerprint density at radius 3 is 2.88 bits per heavy atom. The zero-order valence-corrected chi connectivity index (χ0v) is 13.4. The van der Waals surface area contributed by atoms with Crippen LogP contribution in [0.15, 0.2) is 18.2 Å². The van der Waals surface area contributed by atoms with Crippen LogP contribution in [0, 0.1) is 5.82 Å². The van der Waals surface area contributed by atoms with Crippen LogP contribution < -0.4 is 15.3 Å². The van der Waals surface area contributed by atoms with E-state index in [1.54, 1.807) is 12.1 Å². The topological polar surface area (TPSA) is 72.5 Å². The largest absolute Gasteiger partial charge is 0.442 e. The van der Waals surface area contributed by atoms with Crippen molar-refractivity contribution in [2.45, 2.75) is 6.10 Å². The lowest BCUT2D eigenvalue weighted by molar-refractivity contribution is -0.318. The molecule has 0 spiro atoms. The summed E-state index contributed by atoms with van der Waals surface area (Å²) in [6.07, 6.45) is -0.924. The van der Waals surface area contributed by atoms with Crippen molar-refractivity contribution < 1.29 is 28.5 Å². The van der Waals surface area contributed by atoms with Gasteiger partial charge in [-0.3, -0.25) is 4.90 Å². The molecular formula is C15H20FN3O5. The number of hydrogen-bond acceptors (Lipinski definition) is 7. The lowest BCUT2D eigenvalue weighted by Gasteiger charge is -2.29. The molecular weight excluding hydrogens is 321 g/mol. The number of morpholine rings is 1. The number of hydroxylamine groups is 1. The average molecular weight is 341 g/mol. The number of rotatable bonds is 6. The number of nitrogens with zero attached hydrogens (tertiary/aromatic N) is 2. The maximum absolute atomic E-state index is 14.5. The second-order valence-corrected chi connectivity index (χ2v) is 5.45. The first-order valence-corrected chi connectivity index (χ1v) is 7.72. The van der Waals surface area contributed by atoms with Gasteiger partial charge in [0, 0.05) is 13.1 Å². The Bertz CT molecular complexity index is 582. The quantitative estimate of drug-likeness (QED) is 0.471. The third-order valence-corrected chi connectivity index (χ3v) is 3.92. The monoisotopic (exact) mass is 341 g/mol. The fourth-order valence-corrected chi connectivity index (χ4v) is 2.75. The van der Waals surface area contributed by atoms with Crippen molar-refractivity contribution in [3.05, 3.63) is 24.0 Å². The molecule has 2 aliphatic heterocycles.